The van der Waals surface area contributed by atoms with E-state index < -0.39 is 23.8 Å². The van der Waals surface area contributed by atoms with Crippen LogP contribution >= 0.6 is 22.9 Å². The van der Waals surface area contributed by atoms with E-state index >= 15 is 0 Å². The molecule has 2 aromatic carbocycles. The van der Waals surface area contributed by atoms with Crippen molar-refractivity contribution in [1.29, 1.82) is 0 Å². The summed E-state index contributed by atoms with van der Waals surface area (Å²) in [4.78, 5) is 50.8. The van der Waals surface area contributed by atoms with Gasteiger partial charge in [0.25, 0.3) is 0 Å². The average molecular weight is 540 g/mol. The van der Waals surface area contributed by atoms with E-state index in [4.69, 9.17) is 21.1 Å². The number of benzene rings is 2. The maximum atomic E-state index is 12.5. The predicted molar refractivity (Wildman–Crippen MR) is 140 cm³/mol. The fraction of sp³-hybridized carbons (Fsp3) is 0.192. The molecule has 0 radical (unpaired) electrons. The zero-order chi connectivity index (χ0) is 26.5. The molecule has 3 aromatic rings. The molecule has 0 saturated carbocycles. The summed E-state index contributed by atoms with van der Waals surface area (Å²) in [6.45, 7) is 1.59. The van der Waals surface area contributed by atoms with Crippen LogP contribution in [0.25, 0.3) is 0 Å². The number of esters is 2. The number of amides is 2. The summed E-state index contributed by atoms with van der Waals surface area (Å²) in [7, 11) is 1.27. The molecule has 0 fully saturated rings. The summed E-state index contributed by atoms with van der Waals surface area (Å²) in [6, 6.07) is 13.0. The number of hydrogen-bond donors (Lipinski definition) is 2. The van der Waals surface area contributed by atoms with E-state index in [0.29, 0.717) is 22.7 Å². The van der Waals surface area contributed by atoms with Crippen molar-refractivity contribution >= 4 is 57.4 Å². The molecule has 0 unspecified atom stereocenters. The normalized spacial score (nSPS) is 12.5. The van der Waals surface area contributed by atoms with Crippen LogP contribution in [0.15, 0.2) is 53.6 Å². The van der Waals surface area contributed by atoms with Crippen molar-refractivity contribution < 1.29 is 28.7 Å². The first-order valence-electron chi connectivity index (χ1n) is 11.2. The number of nitrogens with zero attached hydrogens (tertiary/aromatic N) is 1. The fourth-order valence-corrected chi connectivity index (χ4v) is 5.31. The molecule has 0 saturated heterocycles. The van der Waals surface area contributed by atoms with E-state index in [9.17, 15) is 19.2 Å². The lowest BCUT2D eigenvalue weighted by Gasteiger charge is -2.10. The van der Waals surface area contributed by atoms with Crippen molar-refractivity contribution in [1.82, 2.24) is 5.43 Å². The molecule has 0 atom stereocenters. The molecular formula is C26H22ClN3O6S. The Morgan fingerprint density at radius 2 is 1.78 bits per heavy atom. The maximum Gasteiger partial charge on any atom is 0.343 e. The molecule has 1 aliphatic rings. The highest BCUT2D eigenvalue weighted by Crippen LogP contribution is 2.39. The number of aryl methyl sites for hydroxylation is 1. The highest BCUT2D eigenvalue weighted by molar-refractivity contribution is 7.17. The molecule has 0 aliphatic heterocycles. The number of hydrogen-bond acceptors (Lipinski definition) is 8. The third-order valence-corrected chi connectivity index (χ3v) is 7.05. The minimum atomic E-state index is -1.03. The zero-order valence-corrected chi connectivity index (χ0v) is 21.5. The topological polar surface area (TPSA) is 123 Å². The molecule has 4 rings (SSSR count). The summed E-state index contributed by atoms with van der Waals surface area (Å²) in [5.74, 6) is -2.98. The standard InChI is InChI=1S/C26H22ClN3O6S/c1-14(17-9-3-4-11-19(17)36-25(33)15-7-5-8-16(27)13-15)29-30-23(32)22(31)28-24-21(26(34)35-2)18-10-6-12-20(18)37-24/h3-5,7-9,11,13H,6,10,12H2,1-2H3,(H,28,31)(H,30,32)/b29-14+. The lowest BCUT2D eigenvalue weighted by Crippen LogP contribution is -2.33. The number of para-hydroxylation sites is 1. The van der Waals surface area contributed by atoms with Crippen LogP contribution in [-0.4, -0.2) is 36.6 Å². The molecule has 1 aliphatic carbocycles. The van der Waals surface area contributed by atoms with Gasteiger partial charge in [0.2, 0.25) is 0 Å². The van der Waals surface area contributed by atoms with Crippen molar-refractivity contribution in [2.24, 2.45) is 5.10 Å². The first kappa shape index (κ1) is 26.1. The first-order chi connectivity index (χ1) is 17.8. The Kier molecular flexibility index (Phi) is 8.00. The maximum absolute atomic E-state index is 12.5. The summed E-state index contributed by atoms with van der Waals surface area (Å²) < 4.78 is 10.4. The van der Waals surface area contributed by atoms with Gasteiger partial charge < -0.3 is 14.8 Å². The second kappa shape index (κ2) is 11.4. The van der Waals surface area contributed by atoms with E-state index in [0.717, 1.165) is 23.3 Å². The van der Waals surface area contributed by atoms with Gasteiger partial charge in [0.05, 0.1) is 23.9 Å². The van der Waals surface area contributed by atoms with Gasteiger partial charge in [-0.2, -0.15) is 5.10 Å². The Hall–Kier alpha value is -4.02. The number of methoxy groups -OCH3 is 1. The van der Waals surface area contributed by atoms with Gasteiger partial charge in [-0.15, -0.1) is 11.3 Å². The SMILES string of the molecule is COC(=O)c1c(NC(=O)C(=O)N/N=C(\C)c2ccccc2OC(=O)c2cccc(Cl)c2)sc2c1CCC2. The Morgan fingerprint density at radius 1 is 1.00 bits per heavy atom. The van der Waals surface area contributed by atoms with E-state index in [1.165, 1.54) is 24.5 Å². The number of carbonyl (C=O) groups is 4. The number of hydrazone groups is 1. The summed E-state index contributed by atoms with van der Waals surface area (Å²) in [5, 5.41) is 7.16. The van der Waals surface area contributed by atoms with Crippen molar-refractivity contribution in [2.45, 2.75) is 26.2 Å². The van der Waals surface area contributed by atoms with Gasteiger partial charge in [0, 0.05) is 15.5 Å². The van der Waals surface area contributed by atoms with Crippen LogP contribution < -0.4 is 15.5 Å². The number of ether oxygens (including phenoxy) is 2. The van der Waals surface area contributed by atoms with Crippen LogP contribution in [0.4, 0.5) is 5.00 Å². The zero-order valence-electron chi connectivity index (χ0n) is 19.9. The lowest BCUT2D eigenvalue weighted by atomic mass is 10.1. The number of carbonyl (C=O) groups excluding carboxylic acids is 4. The van der Waals surface area contributed by atoms with Gasteiger partial charge in [0.1, 0.15) is 10.8 Å². The van der Waals surface area contributed by atoms with Crippen LogP contribution in [-0.2, 0) is 27.2 Å². The van der Waals surface area contributed by atoms with Crippen molar-refractivity contribution in [2.75, 3.05) is 12.4 Å². The van der Waals surface area contributed by atoms with Gasteiger partial charge in [0.15, 0.2) is 0 Å². The quantitative estimate of drug-likeness (QED) is 0.158. The van der Waals surface area contributed by atoms with Crippen LogP contribution in [0.5, 0.6) is 5.75 Å². The van der Waals surface area contributed by atoms with Crippen molar-refractivity contribution in [3.8, 4) is 5.75 Å². The molecule has 11 heteroatoms. The molecular weight excluding hydrogens is 518 g/mol. The molecule has 1 heterocycles. The van der Waals surface area contributed by atoms with Gasteiger partial charge in [-0.1, -0.05) is 29.8 Å². The number of thiophene rings is 1. The van der Waals surface area contributed by atoms with E-state index in [1.807, 2.05) is 0 Å². The Balaban J connectivity index is 1.45. The second-order valence-electron chi connectivity index (χ2n) is 8.04. The van der Waals surface area contributed by atoms with Gasteiger partial charge in [-0.3, -0.25) is 9.59 Å². The Morgan fingerprint density at radius 3 is 2.54 bits per heavy atom. The van der Waals surface area contributed by atoms with Gasteiger partial charge in [-0.25, -0.2) is 15.0 Å². The average Bonchev–Trinajstić information content (AvgIpc) is 3.47. The summed E-state index contributed by atoms with van der Waals surface area (Å²) >= 11 is 7.21. The third-order valence-electron chi connectivity index (χ3n) is 5.61. The Bertz CT molecular complexity index is 1430. The van der Waals surface area contributed by atoms with Crippen molar-refractivity contribution in [3.05, 3.63) is 80.7 Å². The molecule has 0 bridgehead atoms. The van der Waals surface area contributed by atoms with E-state index in [1.54, 1.807) is 49.4 Å². The van der Waals surface area contributed by atoms with Gasteiger partial charge >= 0.3 is 23.8 Å². The van der Waals surface area contributed by atoms with Crippen LogP contribution in [0.1, 0.15) is 50.1 Å². The van der Waals surface area contributed by atoms with Gasteiger partial charge in [-0.05, 0) is 62.1 Å². The molecule has 9 nitrogen and oxygen atoms in total. The molecule has 37 heavy (non-hydrogen) atoms. The number of rotatable bonds is 6. The first-order valence-corrected chi connectivity index (χ1v) is 12.4. The van der Waals surface area contributed by atoms with Crippen molar-refractivity contribution in [3.63, 3.8) is 0 Å². The predicted octanol–water partition coefficient (Wildman–Crippen LogP) is 4.37. The molecule has 190 valence electrons. The minimum Gasteiger partial charge on any atom is -0.465 e. The molecule has 2 amide bonds. The summed E-state index contributed by atoms with van der Waals surface area (Å²) in [6.07, 6.45) is 2.43. The van der Waals surface area contributed by atoms with E-state index in [2.05, 4.69) is 15.8 Å². The highest BCUT2D eigenvalue weighted by Gasteiger charge is 2.29. The third kappa shape index (κ3) is 5.87. The fourth-order valence-electron chi connectivity index (χ4n) is 3.84. The lowest BCUT2D eigenvalue weighted by molar-refractivity contribution is -0.136. The number of anilines is 1. The molecule has 0 spiro atoms. The number of nitrogens with one attached hydrogen (secondary N) is 2. The molecule has 1 aromatic heterocycles. The Labute approximate surface area is 221 Å². The second-order valence-corrected chi connectivity index (χ2v) is 9.58. The number of fused-ring (bicyclic) bond motifs is 1. The van der Waals surface area contributed by atoms with Crippen LogP contribution in [0.3, 0.4) is 0 Å². The minimum absolute atomic E-state index is 0.211. The highest BCUT2D eigenvalue weighted by atomic mass is 35.5. The largest absolute Gasteiger partial charge is 0.465 e. The summed E-state index contributed by atoms with van der Waals surface area (Å²) in [5.41, 5.74) is 4.34. The van der Waals surface area contributed by atoms with Crippen LogP contribution in [0, 0.1) is 0 Å². The van der Waals surface area contributed by atoms with E-state index in [-0.39, 0.29) is 21.9 Å². The number of halogens is 1. The monoisotopic (exact) mass is 539 g/mol. The smallest absolute Gasteiger partial charge is 0.343 e. The molecule has 2 N–H and O–H groups in total. The van der Waals surface area contributed by atoms with Crippen LogP contribution in [0.2, 0.25) is 5.02 Å².